The molecule has 0 saturated carbocycles. The highest BCUT2D eigenvalue weighted by molar-refractivity contribution is 14.0. The van der Waals surface area contributed by atoms with Crippen molar-refractivity contribution in [2.24, 2.45) is 12.0 Å². The maximum Gasteiger partial charge on any atom is 0.191 e. The van der Waals surface area contributed by atoms with Gasteiger partial charge in [-0.1, -0.05) is 17.7 Å². The molecule has 0 atom stereocenters. The van der Waals surface area contributed by atoms with Crippen molar-refractivity contribution in [1.29, 1.82) is 0 Å². The Hall–Kier alpha value is -1.77. The molecule has 2 rings (SSSR count). The third kappa shape index (κ3) is 7.69. The molecule has 0 spiro atoms. The molecule has 0 fully saturated rings. The fraction of sp³-hybridized carbons (Fsp3) is 0.524. The van der Waals surface area contributed by atoms with Gasteiger partial charge in [-0.2, -0.15) is 5.10 Å². The van der Waals surface area contributed by atoms with E-state index in [9.17, 15) is 0 Å². The van der Waals surface area contributed by atoms with Gasteiger partial charge in [-0.3, -0.25) is 4.68 Å². The smallest absolute Gasteiger partial charge is 0.191 e. The van der Waals surface area contributed by atoms with E-state index in [1.54, 1.807) is 0 Å². The largest absolute Gasteiger partial charge is 0.494 e. The van der Waals surface area contributed by atoms with Crippen LogP contribution in [0.25, 0.3) is 0 Å². The topological polar surface area (TPSA) is 63.5 Å². The molecule has 0 saturated heterocycles. The van der Waals surface area contributed by atoms with Crippen LogP contribution in [-0.4, -0.2) is 35.4 Å². The number of guanidine groups is 1. The molecule has 0 bridgehead atoms. The molecule has 1 aromatic carbocycles. The van der Waals surface area contributed by atoms with Gasteiger partial charge in [-0.15, -0.1) is 24.0 Å². The Kier molecular flexibility index (Phi) is 11.0. The second-order valence-corrected chi connectivity index (χ2v) is 6.76. The van der Waals surface area contributed by atoms with Gasteiger partial charge in [0.15, 0.2) is 5.96 Å². The molecule has 28 heavy (non-hydrogen) atoms. The van der Waals surface area contributed by atoms with Gasteiger partial charge in [0.1, 0.15) is 5.75 Å². The van der Waals surface area contributed by atoms with Crippen LogP contribution in [-0.2, 0) is 13.6 Å². The molecule has 2 N–H and O–H groups in total. The SMILES string of the molecule is CCNC(=NCc1c(C)nn(C)c1C)NCCCCOc1ccc(C)cc1.I. The summed E-state index contributed by atoms with van der Waals surface area (Å²) >= 11 is 0. The molecule has 156 valence electrons. The van der Waals surface area contributed by atoms with Crippen LogP contribution in [0.15, 0.2) is 29.3 Å². The number of rotatable bonds is 9. The number of hydrogen-bond donors (Lipinski definition) is 2. The lowest BCUT2D eigenvalue weighted by Gasteiger charge is -2.12. The first-order valence-electron chi connectivity index (χ1n) is 9.72. The van der Waals surface area contributed by atoms with Crippen molar-refractivity contribution in [3.05, 3.63) is 46.8 Å². The molecule has 0 aliphatic carbocycles. The van der Waals surface area contributed by atoms with E-state index in [1.165, 1.54) is 16.8 Å². The number of aromatic nitrogens is 2. The third-order valence-corrected chi connectivity index (χ3v) is 4.55. The van der Waals surface area contributed by atoms with Crippen LogP contribution in [0.4, 0.5) is 0 Å². The third-order valence-electron chi connectivity index (χ3n) is 4.55. The zero-order valence-corrected chi connectivity index (χ0v) is 20.0. The average Bonchev–Trinajstić information content (AvgIpc) is 2.89. The summed E-state index contributed by atoms with van der Waals surface area (Å²) in [6.45, 7) is 11.3. The summed E-state index contributed by atoms with van der Waals surface area (Å²) in [4.78, 5) is 4.70. The minimum atomic E-state index is 0. The fourth-order valence-corrected chi connectivity index (χ4v) is 2.80. The van der Waals surface area contributed by atoms with E-state index in [0.29, 0.717) is 6.54 Å². The van der Waals surface area contributed by atoms with Crippen molar-refractivity contribution < 1.29 is 4.74 Å². The highest BCUT2D eigenvalue weighted by atomic mass is 127. The number of unbranched alkanes of at least 4 members (excludes halogenated alkanes) is 1. The van der Waals surface area contributed by atoms with Gasteiger partial charge in [-0.25, -0.2) is 4.99 Å². The second kappa shape index (κ2) is 12.6. The lowest BCUT2D eigenvalue weighted by Crippen LogP contribution is -2.37. The molecule has 1 aromatic heterocycles. The second-order valence-electron chi connectivity index (χ2n) is 6.76. The summed E-state index contributed by atoms with van der Waals surface area (Å²) in [6.07, 6.45) is 2.03. The van der Waals surface area contributed by atoms with Crippen molar-refractivity contribution in [1.82, 2.24) is 20.4 Å². The van der Waals surface area contributed by atoms with Crippen LogP contribution in [0.5, 0.6) is 5.75 Å². The zero-order chi connectivity index (χ0) is 19.6. The summed E-state index contributed by atoms with van der Waals surface area (Å²) in [5.74, 6) is 1.78. The van der Waals surface area contributed by atoms with Crippen LogP contribution in [0.3, 0.4) is 0 Å². The molecule has 0 amide bonds. The van der Waals surface area contributed by atoms with Crippen molar-refractivity contribution in [3.8, 4) is 5.75 Å². The summed E-state index contributed by atoms with van der Waals surface area (Å²) in [7, 11) is 1.97. The number of benzene rings is 1. The van der Waals surface area contributed by atoms with Crippen LogP contribution >= 0.6 is 24.0 Å². The summed E-state index contributed by atoms with van der Waals surface area (Å²) < 4.78 is 7.68. The number of halogens is 1. The Bertz CT molecular complexity index is 740. The van der Waals surface area contributed by atoms with E-state index >= 15 is 0 Å². The Labute approximate surface area is 186 Å². The van der Waals surface area contributed by atoms with E-state index in [1.807, 2.05) is 30.8 Å². The molecule has 0 radical (unpaired) electrons. The van der Waals surface area contributed by atoms with E-state index in [-0.39, 0.29) is 24.0 Å². The maximum atomic E-state index is 5.77. The summed E-state index contributed by atoms with van der Waals surface area (Å²) in [6, 6.07) is 8.18. The van der Waals surface area contributed by atoms with E-state index in [0.717, 1.165) is 49.9 Å². The van der Waals surface area contributed by atoms with Gasteiger partial charge >= 0.3 is 0 Å². The predicted octanol–water partition coefficient (Wildman–Crippen LogP) is 3.88. The average molecular weight is 499 g/mol. The monoisotopic (exact) mass is 499 g/mol. The van der Waals surface area contributed by atoms with Gasteiger partial charge in [0.05, 0.1) is 18.8 Å². The van der Waals surface area contributed by atoms with Crippen LogP contribution in [0.2, 0.25) is 0 Å². The molecular formula is C21H34IN5O. The Morgan fingerprint density at radius 1 is 1.11 bits per heavy atom. The minimum absolute atomic E-state index is 0. The number of nitrogens with one attached hydrogen (secondary N) is 2. The van der Waals surface area contributed by atoms with Gasteiger partial charge in [0.25, 0.3) is 0 Å². The quantitative estimate of drug-likeness (QED) is 0.238. The van der Waals surface area contributed by atoms with Crippen molar-refractivity contribution >= 4 is 29.9 Å². The lowest BCUT2D eigenvalue weighted by molar-refractivity contribution is 0.307. The number of hydrogen-bond acceptors (Lipinski definition) is 3. The first-order chi connectivity index (χ1) is 13.0. The van der Waals surface area contributed by atoms with E-state index in [2.05, 4.69) is 48.6 Å². The molecular weight excluding hydrogens is 465 g/mol. The molecule has 1 heterocycles. The van der Waals surface area contributed by atoms with Crippen LogP contribution in [0, 0.1) is 20.8 Å². The number of aliphatic imine (C=N–C) groups is 1. The van der Waals surface area contributed by atoms with E-state index < -0.39 is 0 Å². The number of ether oxygens (including phenoxy) is 1. The van der Waals surface area contributed by atoms with Crippen molar-refractivity contribution in [3.63, 3.8) is 0 Å². The first kappa shape index (κ1) is 24.3. The van der Waals surface area contributed by atoms with Crippen LogP contribution < -0.4 is 15.4 Å². The summed E-state index contributed by atoms with van der Waals surface area (Å²) in [5.41, 5.74) is 4.66. The van der Waals surface area contributed by atoms with Crippen molar-refractivity contribution in [2.75, 3.05) is 19.7 Å². The first-order valence-corrected chi connectivity index (χ1v) is 9.72. The zero-order valence-electron chi connectivity index (χ0n) is 17.7. The normalized spacial score (nSPS) is 11.1. The van der Waals surface area contributed by atoms with Gasteiger partial charge in [0.2, 0.25) is 0 Å². The van der Waals surface area contributed by atoms with Gasteiger partial charge < -0.3 is 15.4 Å². The molecule has 0 aliphatic heterocycles. The van der Waals surface area contributed by atoms with Gasteiger partial charge in [0, 0.05) is 31.4 Å². The van der Waals surface area contributed by atoms with Crippen molar-refractivity contribution in [2.45, 2.75) is 47.1 Å². The Morgan fingerprint density at radius 2 is 1.82 bits per heavy atom. The standard InChI is InChI=1S/C21H33N5O.HI/c1-6-22-21(24-15-20-17(3)25-26(5)18(20)4)23-13-7-8-14-27-19-11-9-16(2)10-12-19;/h9-12H,6-8,13-15H2,1-5H3,(H2,22,23,24);1H. The Morgan fingerprint density at radius 3 is 2.43 bits per heavy atom. The molecule has 7 heteroatoms. The highest BCUT2D eigenvalue weighted by Crippen LogP contribution is 2.13. The maximum absolute atomic E-state index is 5.77. The molecule has 6 nitrogen and oxygen atoms in total. The van der Waals surface area contributed by atoms with Crippen LogP contribution in [0.1, 0.15) is 42.3 Å². The summed E-state index contributed by atoms with van der Waals surface area (Å²) in [5, 5.41) is 11.2. The fourth-order valence-electron chi connectivity index (χ4n) is 2.80. The molecule has 2 aromatic rings. The highest BCUT2D eigenvalue weighted by Gasteiger charge is 2.08. The molecule has 0 aliphatic rings. The number of nitrogens with zero attached hydrogens (tertiary/aromatic N) is 3. The minimum Gasteiger partial charge on any atom is -0.494 e. The predicted molar refractivity (Wildman–Crippen MR) is 127 cm³/mol. The number of aryl methyl sites for hydroxylation is 3. The van der Waals surface area contributed by atoms with E-state index in [4.69, 9.17) is 9.73 Å². The Balaban J connectivity index is 0.00000392. The molecule has 0 unspecified atom stereocenters. The van der Waals surface area contributed by atoms with Gasteiger partial charge in [-0.05, 0) is 52.7 Å². The lowest BCUT2D eigenvalue weighted by atomic mass is 10.2.